The lowest BCUT2D eigenvalue weighted by molar-refractivity contribution is 0.166. The van der Waals surface area contributed by atoms with E-state index in [1.54, 1.807) is 23.7 Å². The fourth-order valence-electron chi connectivity index (χ4n) is 2.06. The molecule has 7 heteroatoms. The van der Waals surface area contributed by atoms with Gasteiger partial charge in [0.25, 0.3) is 0 Å². The molecule has 3 rings (SSSR count). The second kappa shape index (κ2) is 6.69. The summed E-state index contributed by atoms with van der Waals surface area (Å²) < 4.78 is 1.70. The molecule has 116 valence electrons. The minimum Gasteiger partial charge on any atom is -0.298 e. The highest BCUT2D eigenvalue weighted by Crippen LogP contribution is 2.10. The third kappa shape index (κ3) is 3.70. The molecule has 0 aliphatic carbocycles. The largest absolute Gasteiger partial charge is 0.437 e. The number of rotatable bonds is 4. The van der Waals surface area contributed by atoms with Gasteiger partial charge in [-0.2, -0.15) is 0 Å². The SMILES string of the molecule is CC(Cn1nnc2ccccc21)=NOC(=O)Nc1ccccc1. The lowest BCUT2D eigenvalue weighted by Gasteiger charge is -2.04. The lowest BCUT2D eigenvalue weighted by atomic mass is 10.3. The molecule has 0 spiro atoms. The van der Waals surface area contributed by atoms with Crippen molar-refractivity contribution in [2.24, 2.45) is 5.16 Å². The molecule has 23 heavy (non-hydrogen) atoms. The van der Waals surface area contributed by atoms with Crippen molar-refractivity contribution < 1.29 is 9.63 Å². The van der Waals surface area contributed by atoms with Crippen LogP contribution >= 0.6 is 0 Å². The highest BCUT2D eigenvalue weighted by molar-refractivity contribution is 5.87. The van der Waals surface area contributed by atoms with Gasteiger partial charge in [0, 0.05) is 5.69 Å². The Hall–Kier alpha value is -3.22. The van der Waals surface area contributed by atoms with Crippen LogP contribution in [0.15, 0.2) is 59.8 Å². The van der Waals surface area contributed by atoms with Crippen LogP contribution in [-0.2, 0) is 11.4 Å². The van der Waals surface area contributed by atoms with Gasteiger partial charge in [0.1, 0.15) is 5.52 Å². The highest BCUT2D eigenvalue weighted by atomic mass is 16.7. The zero-order valence-electron chi connectivity index (χ0n) is 12.5. The number of aromatic nitrogens is 3. The molecule has 2 aromatic carbocycles. The number of nitrogens with zero attached hydrogens (tertiary/aromatic N) is 4. The second-order valence-electron chi connectivity index (χ2n) is 4.93. The fourth-order valence-corrected chi connectivity index (χ4v) is 2.06. The van der Waals surface area contributed by atoms with Crippen LogP contribution in [-0.4, -0.2) is 26.8 Å². The van der Waals surface area contributed by atoms with Crippen molar-refractivity contribution in [3.63, 3.8) is 0 Å². The molecule has 0 aliphatic rings. The average molecular weight is 309 g/mol. The smallest absolute Gasteiger partial charge is 0.298 e. The summed E-state index contributed by atoms with van der Waals surface area (Å²) in [5.41, 5.74) is 2.95. The van der Waals surface area contributed by atoms with Crippen LogP contribution in [0.2, 0.25) is 0 Å². The van der Waals surface area contributed by atoms with Crippen molar-refractivity contribution in [2.45, 2.75) is 13.5 Å². The van der Waals surface area contributed by atoms with Crippen LogP contribution in [0.4, 0.5) is 10.5 Å². The standard InChI is InChI=1S/C16H15N5O2/c1-12(11-21-15-10-6-5-9-14(15)18-20-21)19-23-16(22)17-13-7-3-2-4-8-13/h2-10H,11H2,1H3,(H,17,22). The summed E-state index contributed by atoms with van der Waals surface area (Å²) in [5.74, 6) is 0. The number of benzene rings is 2. The van der Waals surface area contributed by atoms with Crippen molar-refractivity contribution in [2.75, 3.05) is 5.32 Å². The Morgan fingerprint density at radius 2 is 1.91 bits per heavy atom. The van der Waals surface area contributed by atoms with Gasteiger partial charge in [-0.05, 0) is 31.2 Å². The monoisotopic (exact) mass is 309 g/mol. The number of amides is 1. The van der Waals surface area contributed by atoms with Gasteiger partial charge in [-0.1, -0.05) is 40.7 Å². The summed E-state index contributed by atoms with van der Waals surface area (Å²) in [7, 11) is 0. The number of hydrogen-bond acceptors (Lipinski definition) is 5. The molecule has 0 aliphatic heterocycles. The van der Waals surface area contributed by atoms with Crippen molar-refractivity contribution in [1.82, 2.24) is 15.0 Å². The summed E-state index contributed by atoms with van der Waals surface area (Å²) in [6.07, 6.45) is -0.640. The summed E-state index contributed by atoms with van der Waals surface area (Å²) in [4.78, 5) is 16.5. The van der Waals surface area contributed by atoms with E-state index in [2.05, 4.69) is 20.8 Å². The number of nitrogens with one attached hydrogen (secondary N) is 1. The normalized spacial score (nSPS) is 11.4. The van der Waals surface area contributed by atoms with Crippen LogP contribution in [0.3, 0.4) is 0 Å². The van der Waals surface area contributed by atoms with Gasteiger partial charge in [0.2, 0.25) is 0 Å². The second-order valence-corrected chi connectivity index (χ2v) is 4.93. The van der Waals surface area contributed by atoms with Gasteiger partial charge in [-0.3, -0.25) is 10.2 Å². The van der Waals surface area contributed by atoms with Gasteiger partial charge < -0.3 is 0 Å². The topological polar surface area (TPSA) is 81.4 Å². The van der Waals surface area contributed by atoms with Crippen LogP contribution < -0.4 is 5.32 Å². The van der Waals surface area contributed by atoms with E-state index in [-0.39, 0.29) is 0 Å². The molecule has 3 aromatic rings. The number of fused-ring (bicyclic) bond motifs is 1. The maximum absolute atomic E-state index is 11.7. The zero-order chi connectivity index (χ0) is 16.1. The van der Waals surface area contributed by atoms with Gasteiger partial charge in [0.15, 0.2) is 0 Å². The van der Waals surface area contributed by atoms with Crippen LogP contribution in [0.1, 0.15) is 6.92 Å². The first-order chi connectivity index (χ1) is 11.2. The van der Waals surface area contributed by atoms with Gasteiger partial charge in [-0.25, -0.2) is 9.48 Å². The summed E-state index contributed by atoms with van der Waals surface area (Å²) in [6.45, 7) is 2.14. The molecule has 1 amide bonds. The Morgan fingerprint density at radius 3 is 2.74 bits per heavy atom. The first kappa shape index (κ1) is 14.7. The quantitative estimate of drug-likeness (QED) is 0.456. The van der Waals surface area contributed by atoms with Gasteiger partial charge in [-0.15, -0.1) is 5.10 Å². The van der Waals surface area contributed by atoms with E-state index >= 15 is 0 Å². The molecule has 0 saturated heterocycles. The predicted molar refractivity (Wildman–Crippen MR) is 87.2 cm³/mol. The average Bonchev–Trinajstić information content (AvgIpc) is 2.97. The van der Waals surface area contributed by atoms with Gasteiger partial charge in [0.05, 0.1) is 17.8 Å². The highest BCUT2D eigenvalue weighted by Gasteiger charge is 2.06. The molecule has 0 bridgehead atoms. The van der Waals surface area contributed by atoms with Crippen molar-refractivity contribution >= 4 is 28.5 Å². The molecule has 0 unspecified atom stereocenters. The molecule has 0 saturated carbocycles. The number of carbonyl (C=O) groups is 1. The number of para-hydroxylation sites is 2. The Morgan fingerprint density at radius 1 is 1.17 bits per heavy atom. The van der Waals surface area contributed by atoms with Crippen molar-refractivity contribution in [3.8, 4) is 0 Å². The van der Waals surface area contributed by atoms with E-state index in [1.807, 2.05) is 42.5 Å². The number of anilines is 1. The Bertz CT molecular complexity index is 842. The maximum Gasteiger partial charge on any atom is 0.437 e. The minimum absolute atomic E-state index is 0.388. The van der Waals surface area contributed by atoms with Gasteiger partial charge >= 0.3 is 6.09 Å². The zero-order valence-corrected chi connectivity index (χ0v) is 12.5. The first-order valence-corrected chi connectivity index (χ1v) is 7.07. The molecule has 0 atom stereocenters. The van der Waals surface area contributed by atoms with E-state index in [0.29, 0.717) is 17.9 Å². The number of oxime groups is 1. The van der Waals surface area contributed by atoms with Crippen LogP contribution in [0, 0.1) is 0 Å². The Kier molecular flexibility index (Phi) is 4.28. The predicted octanol–water partition coefficient (Wildman–Crippen LogP) is 3.06. The molecular weight excluding hydrogens is 294 g/mol. The fraction of sp³-hybridized carbons (Fsp3) is 0.125. The molecule has 1 aromatic heterocycles. The van der Waals surface area contributed by atoms with E-state index < -0.39 is 6.09 Å². The van der Waals surface area contributed by atoms with Crippen LogP contribution in [0.5, 0.6) is 0 Å². The summed E-state index contributed by atoms with van der Waals surface area (Å²) in [6, 6.07) is 16.7. The molecule has 1 N–H and O–H groups in total. The molecule has 1 heterocycles. The lowest BCUT2D eigenvalue weighted by Crippen LogP contribution is -2.14. The van der Waals surface area contributed by atoms with E-state index in [9.17, 15) is 4.79 Å². The van der Waals surface area contributed by atoms with E-state index in [4.69, 9.17) is 4.84 Å². The maximum atomic E-state index is 11.7. The number of carbonyl (C=O) groups excluding carboxylic acids is 1. The third-order valence-corrected chi connectivity index (χ3v) is 3.10. The van der Waals surface area contributed by atoms with E-state index in [0.717, 1.165) is 11.0 Å². The van der Waals surface area contributed by atoms with Crippen molar-refractivity contribution in [1.29, 1.82) is 0 Å². The molecule has 0 fully saturated rings. The Labute approximate surface area is 132 Å². The first-order valence-electron chi connectivity index (χ1n) is 7.07. The van der Waals surface area contributed by atoms with E-state index in [1.165, 1.54) is 0 Å². The van der Waals surface area contributed by atoms with Crippen molar-refractivity contribution in [3.05, 3.63) is 54.6 Å². The summed E-state index contributed by atoms with van der Waals surface area (Å²) >= 11 is 0. The third-order valence-electron chi connectivity index (χ3n) is 3.10. The molecular formula is C16H15N5O2. The molecule has 7 nitrogen and oxygen atoms in total. The molecule has 0 radical (unpaired) electrons. The summed E-state index contributed by atoms with van der Waals surface area (Å²) in [5, 5.41) is 14.5. The van der Waals surface area contributed by atoms with Crippen LogP contribution in [0.25, 0.3) is 11.0 Å². The number of hydrogen-bond donors (Lipinski definition) is 1. The Balaban J connectivity index is 1.60. The minimum atomic E-state index is -0.640.